The lowest BCUT2D eigenvalue weighted by molar-refractivity contribution is -0.129. The van der Waals surface area contributed by atoms with Crippen LogP contribution in [0.2, 0.25) is 0 Å². The molecule has 0 fully saturated rings. The number of rotatable bonds is 7. The van der Waals surface area contributed by atoms with Crippen molar-refractivity contribution in [1.82, 2.24) is 19.8 Å². The molecule has 0 saturated heterocycles. The number of nitrogens with zero attached hydrogens (tertiary/aromatic N) is 4. The van der Waals surface area contributed by atoms with Crippen molar-refractivity contribution in [2.45, 2.75) is 26.3 Å². The largest absolute Gasteiger partial charge is 0.503 e. The lowest BCUT2D eigenvalue weighted by Gasteiger charge is -2.27. The van der Waals surface area contributed by atoms with Gasteiger partial charge in [0.05, 0.1) is 27.2 Å². The van der Waals surface area contributed by atoms with Gasteiger partial charge in [-0.3, -0.25) is 14.6 Å². The number of hydrogen-bond donors (Lipinski definition) is 1. The van der Waals surface area contributed by atoms with E-state index in [1.807, 2.05) is 25.9 Å². The summed E-state index contributed by atoms with van der Waals surface area (Å²) in [5.41, 5.74) is 1.48. The second-order valence-electron chi connectivity index (χ2n) is 7.08. The Kier molecular flexibility index (Phi) is 5.90. The summed E-state index contributed by atoms with van der Waals surface area (Å²) in [6.07, 6.45) is 3.97. The van der Waals surface area contributed by atoms with Crippen LogP contribution in [0.1, 0.15) is 38.4 Å². The number of amides is 1. The molecule has 0 aromatic carbocycles. The maximum Gasteiger partial charge on any atom is 0.290 e. The third-order valence-corrected chi connectivity index (χ3v) is 5.76. The highest BCUT2D eigenvalue weighted by atomic mass is 32.1. The van der Waals surface area contributed by atoms with Crippen LogP contribution in [0.5, 0.6) is 0 Å². The van der Waals surface area contributed by atoms with Gasteiger partial charge in [-0.2, -0.15) is 0 Å². The van der Waals surface area contributed by atoms with Crippen molar-refractivity contribution in [2.24, 2.45) is 0 Å². The summed E-state index contributed by atoms with van der Waals surface area (Å²) in [5.74, 6) is -1.32. The molecule has 0 aliphatic carbocycles. The molecule has 1 aliphatic heterocycles. The molecule has 0 spiro atoms. The molecule has 0 radical (unpaired) electrons. The number of pyridine rings is 1. The molecule has 7 nitrogen and oxygen atoms in total. The number of Topliss-reactive ketones (excluding diaryl/α,β-unsaturated/α-hetero) is 1. The molecule has 1 amide bonds. The second kappa shape index (κ2) is 8.20. The molecule has 2 aromatic rings. The molecule has 148 valence electrons. The van der Waals surface area contributed by atoms with Crippen LogP contribution in [0.4, 0.5) is 0 Å². The van der Waals surface area contributed by atoms with E-state index in [2.05, 4.69) is 9.97 Å². The summed E-state index contributed by atoms with van der Waals surface area (Å²) in [6, 6.07) is 2.91. The molecule has 0 bridgehead atoms. The first-order chi connectivity index (χ1) is 13.3. The number of aryl methyl sites for hydroxylation is 2. The van der Waals surface area contributed by atoms with Crippen LogP contribution >= 0.6 is 11.3 Å². The van der Waals surface area contributed by atoms with E-state index in [9.17, 15) is 14.7 Å². The maximum atomic E-state index is 13.3. The highest BCUT2D eigenvalue weighted by Crippen LogP contribution is 2.39. The lowest BCUT2D eigenvalue weighted by atomic mass is 9.95. The topological polar surface area (TPSA) is 86.6 Å². The fourth-order valence-electron chi connectivity index (χ4n) is 3.43. The average Bonchev–Trinajstić information content (AvgIpc) is 3.12. The number of aromatic nitrogens is 2. The van der Waals surface area contributed by atoms with Crippen molar-refractivity contribution >= 4 is 23.0 Å². The highest BCUT2D eigenvalue weighted by molar-refractivity contribution is 7.14. The van der Waals surface area contributed by atoms with E-state index < -0.39 is 17.7 Å². The molecular formula is C20H24N4O3S. The first kappa shape index (κ1) is 20.2. The van der Waals surface area contributed by atoms with E-state index >= 15 is 0 Å². The minimum Gasteiger partial charge on any atom is -0.503 e. The summed E-state index contributed by atoms with van der Waals surface area (Å²) in [5, 5.41) is 11.4. The molecule has 1 aliphatic rings. The molecule has 1 N–H and O–H groups in total. The van der Waals surface area contributed by atoms with Crippen molar-refractivity contribution in [3.05, 3.63) is 57.0 Å². The van der Waals surface area contributed by atoms with Crippen LogP contribution < -0.4 is 0 Å². The quantitative estimate of drug-likeness (QED) is 0.719. The van der Waals surface area contributed by atoms with Crippen molar-refractivity contribution in [3.63, 3.8) is 0 Å². The minimum atomic E-state index is -0.632. The fourth-order valence-corrected chi connectivity index (χ4v) is 4.30. The number of hydrogen-bond acceptors (Lipinski definition) is 7. The summed E-state index contributed by atoms with van der Waals surface area (Å²) in [7, 11) is 3.93. The Balaban J connectivity index is 2.01. The van der Waals surface area contributed by atoms with Gasteiger partial charge in [-0.1, -0.05) is 0 Å². The van der Waals surface area contributed by atoms with Crippen LogP contribution in [-0.4, -0.2) is 63.7 Å². The van der Waals surface area contributed by atoms with Crippen LogP contribution in [0.3, 0.4) is 0 Å². The van der Waals surface area contributed by atoms with Gasteiger partial charge in [-0.05, 0) is 58.6 Å². The van der Waals surface area contributed by atoms with Crippen molar-refractivity contribution in [1.29, 1.82) is 0 Å². The van der Waals surface area contributed by atoms with E-state index in [-0.39, 0.29) is 11.4 Å². The SMILES string of the molecule is Cc1nc(C)c(C(=O)C2=C(O)C(=O)N(CCCN(C)C)[C@@H]2c2ccncc2)s1. The number of carbonyl (C=O) groups excluding carboxylic acids is 2. The van der Waals surface area contributed by atoms with Gasteiger partial charge in [-0.15, -0.1) is 11.3 Å². The van der Waals surface area contributed by atoms with Gasteiger partial charge in [0, 0.05) is 18.9 Å². The standard InChI is InChI=1S/C20H24N4O3S/c1-12-19(28-13(2)22-12)17(25)15-16(14-6-8-21-9-7-14)24(20(27)18(15)26)11-5-10-23(3)4/h6-9,16,26H,5,10-11H2,1-4H3/t16-/m1/s1. The van der Waals surface area contributed by atoms with E-state index in [0.29, 0.717) is 17.1 Å². The Morgan fingerprint density at radius 2 is 1.96 bits per heavy atom. The number of aliphatic hydroxyl groups excluding tert-OH is 1. The average molecular weight is 401 g/mol. The van der Waals surface area contributed by atoms with Gasteiger partial charge in [-0.25, -0.2) is 4.98 Å². The normalized spacial score (nSPS) is 17.1. The molecule has 3 heterocycles. The van der Waals surface area contributed by atoms with E-state index in [1.165, 1.54) is 11.3 Å². The van der Waals surface area contributed by atoms with Crippen molar-refractivity contribution in [2.75, 3.05) is 27.2 Å². The number of carbonyl (C=O) groups is 2. The van der Waals surface area contributed by atoms with E-state index in [4.69, 9.17) is 0 Å². The molecule has 0 unspecified atom stereocenters. The van der Waals surface area contributed by atoms with Gasteiger partial charge >= 0.3 is 0 Å². The third kappa shape index (κ3) is 3.83. The summed E-state index contributed by atoms with van der Waals surface area (Å²) < 4.78 is 0. The molecule has 8 heteroatoms. The van der Waals surface area contributed by atoms with Gasteiger partial charge in [0.2, 0.25) is 5.78 Å². The summed E-state index contributed by atoms with van der Waals surface area (Å²) >= 11 is 1.28. The van der Waals surface area contributed by atoms with E-state index in [0.717, 1.165) is 23.5 Å². The van der Waals surface area contributed by atoms with Crippen LogP contribution in [-0.2, 0) is 4.79 Å². The van der Waals surface area contributed by atoms with Crippen molar-refractivity contribution < 1.29 is 14.7 Å². The van der Waals surface area contributed by atoms with Crippen LogP contribution in [0.15, 0.2) is 35.9 Å². The Labute approximate surface area is 168 Å². The summed E-state index contributed by atoms with van der Waals surface area (Å²) in [6.45, 7) is 4.83. The molecule has 0 saturated carbocycles. The van der Waals surface area contributed by atoms with Crippen molar-refractivity contribution in [3.8, 4) is 0 Å². The first-order valence-corrected chi connectivity index (χ1v) is 9.90. The maximum absolute atomic E-state index is 13.3. The monoisotopic (exact) mass is 400 g/mol. The van der Waals surface area contributed by atoms with E-state index in [1.54, 1.807) is 36.4 Å². The molecule has 3 rings (SSSR count). The number of aliphatic hydroxyl groups is 1. The predicted molar refractivity (Wildman–Crippen MR) is 107 cm³/mol. The van der Waals surface area contributed by atoms with Gasteiger partial charge < -0.3 is 14.9 Å². The second-order valence-corrected chi connectivity index (χ2v) is 8.28. The third-order valence-electron chi connectivity index (χ3n) is 4.68. The zero-order valence-electron chi connectivity index (χ0n) is 16.5. The number of ketones is 1. The van der Waals surface area contributed by atoms with Gasteiger partial charge in [0.15, 0.2) is 5.76 Å². The van der Waals surface area contributed by atoms with Gasteiger partial charge in [0.1, 0.15) is 0 Å². The number of thiazole rings is 1. The molecule has 28 heavy (non-hydrogen) atoms. The smallest absolute Gasteiger partial charge is 0.290 e. The van der Waals surface area contributed by atoms with Crippen LogP contribution in [0.25, 0.3) is 0 Å². The minimum absolute atomic E-state index is 0.118. The Hall–Kier alpha value is -2.58. The molecular weight excluding hydrogens is 376 g/mol. The summed E-state index contributed by atoms with van der Waals surface area (Å²) in [4.78, 5) is 38.5. The Morgan fingerprint density at radius 3 is 2.54 bits per heavy atom. The molecule has 2 aromatic heterocycles. The Bertz CT molecular complexity index is 921. The zero-order chi connectivity index (χ0) is 20.4. The first-order valence-electron chi connectivity index (χ1n) is 9.08. The highest BCUT2D eigenvalue weighted by Gasteiger charge is 2.44. The zero-order valence-corrected chi connectivity index (χ0v) is 17.3. The fraction of sp³-hybridized carbons (Fsp3) is 0.400. The predicted octanol–water partition coefficient (Wildman–Crippen LogP) is 2.68. The van der Waals surface area contributed by atoms with Crippen LogP contribution in [0, 0.1) is 13.8 Å². The van der Waals surface area contributed by atoms with Gasteiger partial charge in [0.25, 0.3) is 5.91 Å². The molecule has 1 atom stereocenters. The Morgan fingerprint density at radius 1 is 1.29 bits per heavy atom. The lowest BCUT2D eigenvalue weighted by Crippen LogP contribution is -2.33.